The molecule has 0 amide bonds. The number of hydrogen-bond donors (Lipinski definition) is 1. The highest BCUT2D eigenvalue weighted by molar-refractivity contribution is 7.89. The molecule has 0 aromatic heterocycles. The van der Waals surface area contributed by atoms with Gasteiger partial charge < -0.3 is 5.11 Å². The summed E-state index contributed by atoms with van der Waals surface area (Å²) in [4.78, 5) is 10.8. The molecule has 0 unspecified atom stereocenters. The highest BCUT2D eigenvalue weighted by atomic mass is 32.2. The number of aryl methyl sites for hydroxylation is 1. The molecule has 0 bridgehead atoms. The van der Waals surface area contributed by atoms with Crippen LogP contribution in [-0.2, 0) is 14.8 Å². The lowest BCUT2D eigenvalue weighted by Crippen LogP contribution is -2.41. The second-order valence-corrected chi connectivity index (χ2v) is 7.27. The summed E-state index contributed by atoms with van der Waals surface area (Å²) in [6.07, 6.45) is 5.24. The Hall–Kier alpha value is -1.66. The van der Waals surface area contributed by atoms with Crippen LogP contribution in [-0.4, -0.2) is 36.9 Å². The number of carboxylic acids is 1. The molecule has 0 radical (unpaired) electrons. The van der Waals surface area contributed by atoms with Gasteiger partial charge >= 0.3 is 5.97 Å². The maximum absolute atomic E-state index is 12.7. The van der Waals surface area contributed by atoms with Crippen molar-refractivity contribution >= 4 is 22.1 Å². The van der Waals surface area contributed by atoms with Gasteiger partial charge in [0.15, 0.2) is 0 Å². The van der Waals surface area contributed by atoms with E-state index in [1.54, 1.807) is 26.1 Å². The number of carbonyl (C=O) groups is 1. The van der Waals surface area contributed by atoms with Crippen LogP contribution in [0.2, 0.25) is 0 Å². The van der Waals surface area contributed by atoms with E-state index in [1.807, 2.05) is 0 Å². The van der Waals surface area contributed by atoms with Gasteiger partial charge in [-0.2, -0.15) is 4.31 Å². The van der Waals surface area contributed by atoms with Crippen LogP contribution in [0.25, 0.3) is 6.08 Å². The Morgan fingerprint density at radius 3 is 2.57 bits per heavy atom. The summed E-state index contributed by atoms with van der Waals surface area (Å²) in [5, 5.41) is 8.65. The fourth-order valence-electron chi connectivity index (χ4n) is 2.27. The van der Waals surface area contributed by atoms with E-state index < -0.39 is 16.0 Å². The van der Waals surface area contributed by atoms with Crippen LogP contribution in [0.15, 0.2) is 29.2 Å². The van der Waals surface area contributed by atoms with Gasteiger partial charge in [0.25, 0.3) is 0 Å². The SMILES string of the molecule is Cc1ccc(/C=C/C(=O)O)cc1S(=O)(=O)N(C)C1CCC1. The van der Waals surface area contributed by atoms with Crippen molar-refractivity contribution in [2.24, 2.45) is 0 Å². The van der Waals surface area contributed by atoms with Gasteiger partial charge in [0.1, 0.15) is 0 Å². The second-order valence-electron chi connectivity index (χ2n) is 5.30. The average Bonchev–Trinajstić information content (AvgIpc) is 2.35. The predicted molar refractivity (Wildman–Crippen MR) is 80.4 cm³/mol. The van der Waals surface area contributed by atoms with Gasteiger partial charge in [0.05, 0.1) is 4.90 Å². The molecule has 5 nitrogen and oxygen atoms in total. The molecule has 0 heterocycles. The molecule has 21 heavy (non-hydrogen) atoms. The number of carboxylic acid groups (broad SMARTS) is 1. The van der Waals surface area contributed by atoms with Crippen molar-refractivity contribution in [3.63, 3.8) is 0 Å². The third-order valence-electron chi connectivity index (χ3n) is 3.88. The lowest BCUT2D eigenvalue weighted by molar-refractivity contribution is -0.131. The first-order valence-corrected chi connectivity index (χ1v) is 8.26. The van der Waals surface area contributed by atoms with Gasteiger partial charge in [-0.25, -0.2) is 13.2 Å². The normalized spacial score (nSPS) is 16.3. The van der Waals surface area contributed by atoms with Crippen molar-refractivity contribution in [2.75, 3.05) is 7.05 Å². The zero-order valence-electron chi connectivity index (χ0n) is 12.1. The lowest BCUT2D eigenvalue weighted by Gasteiger charge is -2.34. The third kappa shape index (κ3) is 3.33. The molecule has 1 N–H and O–H groups in total. The summed E-state index contributed by atoms with van der Waals surface area (Å²) >= 11 is 0. The minimum atomic E-state index is -3.54. The minimum Gasteiger partial charge on any atom is -0.478 e. The minimum absolute atomic E-state index is 0.0765. The van der Waals surface area contributed by atoms with Gasteiger partial charge in [-0.05, 0) is 43.0 Å². The number of nitrogens with zero attached hydrogens (tertiary/aromatic N) is 1. The Labute approximate surface area is 124 Å². The maximum Gasteiger partial charge on any atom is 0.328 e. The van der Waals surface area contributed by atoms with Crippen LogP contribution in [0.1, 0.15) is 30.4 Å². The second kappa shape index (κ2) is 5.99. The van der Waals surface area contributed by atoms with E-state index in [0.717, 1.165) is 25.3 Å². The monoisotopic (exact) mass is 309 g/mol. The molecule has 1 aromatic rings. The van der Waals surface area contributed by atoms with Crippen molar-refractivity contribution < 1.29 is 18.3 Å². The number of rotatable bonds is 5. The number of benzene rings is 1. The molecular weight excluding hydrogens is 290 g/mol. The van der Waals surface area contributed by atoms with Crippen LogP contribution >= 0.6 is 0 Å². The first kappa shape index (κ1) is 15.7. The Bertz CT molecular complexity index is 675. The zero-order chi connectivity index (χ0) is 15.6. The van der Waals surface area contributed by atoms with Crippen molar-refractivity contribution in [3.8, 4) is 0 Å². The van der Waals surface area contributed by atoms with E-state index in [4.69, 9.17) is 5.11 Å². The molecule has 0 spiro atoms. The Morgan fingerprint density at radius 2 is 2.05 bits per heavy atom. The summed E-state index contributed by atoms with van der Waals surface area (Å²) < 4.78 is 26.8. The highest BCUT2D eigenvalue weighted by Gasteiger charge is 2.32. The third-order valence-corrected chi connectivity index (χ3v) is 5.93. The van der Waals surface area contributed by atoms with E-state index in [9.17, 15) is 13.2 Å². The maximum atomic E-state index is 12.7. The van der Waals surface area contributed by atoms with Crippen LogP contribution in [0.4, 0.5) is 0 Å². The molecule has 1 aliphatic carbocycles. The van der Waals surface area contributed by atoms with E-state index in [0.29, 0.717) is 11.1 Å². The first-order chi connectivity index (χ1) is 9.82. The van der Waals surface area contributed by atoms with E-state index in [2.05, 4.69) is 0 Å². The van der Waals surface area contributed by atoms with Crippen molar-refractivity contribution in [1.82, 2.24) is 4.31 Å². The fraction of sp³-hybridized carbons (Fsp3) is 0.400. The van der Waals surface area contributed by atoms with Crippen LogP contribution in [0, 0.1) is 6.92 Å². The highest BCUT2D eigenvalue weighted by Crippen LogP contribution is 2.30. The smallest absolute Gasteiger partial charge is 0.328 e. The zero-order valence-corrected chi connectivity index (χ0v) is 12.9. The molecule has 2 rings (SSSR count). The Morgan fingerprint density at radius 1 is 1.38 bits per heavy atom. The molecule has 1 aliphatic rings. The quantitative estimate of drug-likeness (QED) is 0.847. The summed E-state index contributed by atoms with van der Waals surface area (Å²) in [7, 11) is -1.93. The van der Waals surface area contributed by atoms with Crippen LogP contribution in [0.3, 0.4) is 0 Å². The van der Waals surface area contributed by atoms with E-state index in [-0.39, 0.29) is 10.9 Å². The summed E-state index contributed by atoms with van der Waals surface area (Å²) in [6.45, 7) is 1.74. The molecule has 0 atom stereocenters. The van der Waals surface area contributed by atoms with Gasteiger partial charge in [0.2, 0.25) is 10.0 Å². The van der Waals surface area contributed by atoms with Crippen LogP contribution in [0.5, 0.6) is 0 Å². The first-order valence-electron chi connectivity index (χ1n) is 6.82. The molecule has 1 aromatic carbocycles. The molecule has 1 fully saturated rings. The predicted octanol–water partition coefficient (Wildman–Crippen LogP) is 2.27. The van der Waals surface area contributed by atoms with Gasteiger partial charge in [0, 0.05) is 19.2 Å². The average molecular weight is 309 g/mol. The molecule has 114 valence electrons. The fourth-order valence-corrected chi connectivity index (χ4v) is 3.94. The molecule has 1 saturated carbocycles. The standard InChI is InChI=1S/C15H19NO4S/c1-11-6-7-12(8-9-15(17)18)10-14(11)21(19,20)16(2)13-4-3-5-13/h6-10,13H,3-5H2,1-2H3,(H,17,18)/b9-8+. The summed E-state index contributed by atoms with van der Waals surface area (Å²) in [5.41, 5.74) is 1.22. The summed E-state index contributed by atoms with van der Waals surface area (Å²) in [5.74, 6) is -1.06. The van der Waals surface area contributed by atoms with Crippen molar-refractivity contribution in [1.29, 1.82) is 0 Å². The number of hydrogen-bond acceptors (Lipinski definition) is 3. The lowest BCUT2D eigenvalue weighted by atomic mass is 9.94. The van der Waals surface area contributed by atoms with Crippen molar-refractivity contribution in [2.45, 2.75) is 37.1 Å². The molecule has 0 aliphatic heterocycles. The van der Waals surface area contributed by atoms with E-state index >= 15 is 0 Å². The number of sulfonamides is 1. The molecule has 0 saturated heterocycles. The summed E-state index contributed by atoms with van der Waals surface area (Å²) in [6, 6.07) is 5.01. The van der Waals surface area contributed by atoms with E-state index in [1.165, 1.54) is 16.4 Å². The van der Waals surface area contributed by atoms with Gasteiger partial charge in [-0.3, -0.25) is 0 Å². The Kier molecular flexibility index (Phi) is 4.49. The largest absolute Gasteiger partial charge is 0.478 e. The topological polar surface area (TPSA) is 74.7 Å². The molecular formula is C15H19NO4S. The molecule has 6 heteroatoms. The van der Waals surface area contributed by atoms with Crippen LogP contribution < -0.4 is 0 Å². The Balaban J connectivity index is 2.37. The van der Waals surface area contributed by atoms with Gasteiger partial charge in [-0.1, -0.05) is 18.6 Å². The van der Waals surface area contributed by atoms with Crippen molar-refractivity contribution in [3.05, 3.63) is 35.4 Å². The number of aliphatic carboxylic acids is 1. The van der Waals surface area contributed by atoms with Gasteiger partial charge in [-0.15, -0.1) is 0 Å².